The number of carbonyl (C=O) groups excluding carboxylic acids is 1. The molecule has 112 valence electrons. The molecule has 0 saturated heterocycles. The zero-order chi connectivity index (χ0) is 15.6. The number of non-ortho nitro benzene ring substituents is 1. The van der Waals surface area contributed by atoms with Gasteiger partial charge in [0.05, 0.1) is 17.2 Å². The van der Waals surface area contributed by atoms with Crippen molar-refractivity contribution >= 4 is 22.6 Å². The number of fused-ring (bicyclic) bond motifs is 1. The van der Waals surface area contributed by atoms with Crippen LogP contribution in [0.15, 0.2) is 18.2 Å². The van der Waals surface area contributed by atoms with Crippen molar-refractivity contribution < 1.29 is 24.7 Å². The maximum Gasteiger partial charge on any atom is 0.338 e. The highest BCUT2D eigenvalue weighted by atomic mass is 16.6. The van der Waals surface area contributed by atoms with E-state index >= 15 is 0 Å². The van der Waals surface area contributed by atoms with Crippen molar-refractivity contribution in [3.8, 4) is 0 Å². The van der Waals surface area contributed by atoms with Gasteiger partial charge in [-0.2, -0.15) is 5.10 Å². The summed E-state index contributed by atoms with van der Waals surface area (Å²) in [6.07, 6.45) is -3.44. The first kappa shape index (κ1) is 14.9. The molecule has 0 fully saturated rings. The van der Waals surface area contributed by atoms with Crippen LogP contribution in [0.2, 0.25) is 0 Å². The summed E-state index contributed by atoms with van der Waals surface area (Å²) < 4.78 is 4.61. The highest BCUT2D eigenvalue weighted by Gasteiger charge is 2.30. The molecule has 2 aromatic rings. The number of nitrogens with zero attached hydrogens (tertiary/aromatic N) is 2. The van der Waals surface area contributed by atoms with Crippen LogP contribution in [0, 0.1) is 10.1 Å². The van der Waals surface area contributed by atoms with Crippen molar-refractivity contribution in [3.05, 3.63) is 34.0 Å². The Morgan fingerprint density at radius 2 is 2.24 bits per heavy atom. The van der Waals surface area contributed by atoms with Crippen molar-refractivity contribution in [2.45, 2.75) is 19.1 Å². The fourth-order valence-corrected chi connectivity index (χ4v) is 1.93. The molecule has 1 aromatic heterocycles. The molecule has 0 saturated carbocycles. The van der Waals surface area contributed by atoms with Gasteiger partial charge in [-0.05, 0) is 6.92 Å². The number of hydrogen-bond acceptors (Lipinski definition) is 7. The molecule has 9 heteroatoms. The van der Waals surface area contributed by atoms with Gasteiger partial charge in [-0.25, -0.2) is 4.79 Å². The SMILES string of the molecule is CCOC(=O)C(O)C(O)c1[nH]nc2c([N+](=O)[O-])cccc12. The first-order valence-corrected chi connectivity index (χ1v) is 6.11. The van der Waals surface area contributed by atoms with E-state index in [0.29, 0.717) is 0 Å². The third-order valence-corrected chi connectivity index (χ3v) is 2.91. The summed E-state index contributed by atoms with van der Waals surface area (Å²) >= 11 is 0. The number of nitro groups is 1. The Morgan fingerprint density at radius 1 is 1.52 bits per heavy atom. The van der Waals surface area contributed by atoms with E-state index in [1.807, 2.05) is 0 Å². The van der Waals surface area contributed by atoms with Gasteiger partial charge in [-0.3, -0.25) is 15.2 Å². The largest absolute Gasteiger partial charge is 0.464 e. The number of ether oxygens (including phenoxy) is 1. The lowest BCUT2D eigenvalue weighted by molar-refractivity contribution is -0.383. The van der Waals surface area contributed by atoms with E-state index in [1.54, 1.807) is 6.92 Å². The van der Waals surface area contributed by atoms with Gasteiger partial charge >= 0.3 is 5.97 Å². The maximum absolute atomic E-state index is 11.4. The summed E-state index contributed by atoms with van der Waals surface area (Å²) in [5, 5.41) is 37.0. The number of carbonyl (C=O) groups is 1. The molecule has 0 spiro atoms. The molecule has 1 heterocycles. The standard InChI is InChI=1S/C12H13N3O6/c1-2-21-12(18)11(17)10(16)9-6-4-3-5-7(15(19)20)8(6)13-14-9/h3-5,10-11,16-17H,2H2,1H3,(H,13,14). The Hall–Kier alpha value is -2.52. The highest BCUT2D eigenvalue weighted by molar-refractivity contribution is 5.90. The maximum atomic E-state index is 11.4. The molecule has 21 heavy (non-hydrogen) atoms. The summed E-state index contributed by atoms with van der Waals surface area (Å²) in [6, 6.07) is 4.17. The molecule has 0 amide bonds. The number of aliphatic hydroxyl groups excluding tert-OH is 2. The number of nitro benzene ring substituents is 1. The smallest absolute Gasteiger partial charge is 0.338 e. The molecular formula is C12H13N3O6. The summed E-state index contributed by atoms with van der Waals surface area (Å²) in [6.45, 7) is 1.61. The van der Waals surface area contributed by atoms with Crippen LogP contribution in [0.4, 0.5) is 5.69 Å². The molecule has 9 nitrogen and oxygen atoms in total. The Kier molecular flexibility index (Phi) is 4.15. The van der Waals surface area contributed by atoms with E-state index in [1.165, 1.54) is 18.2 Å². The summed E-state index contributed by atoms with van der Waals surface area (Å²) in [5.74, 6) is -0.988. The number of benzene rings is 1. The van der Waals surface area contributed by atoms with Gasteiger partial charge in [0.2, 0.25) is 0 Å². The Morgan fingerprint density at radius 3 is 2.86 bits per heavy atom. The van der Waals surface area contributed by atoms with Gasteiger partial charge in [-0.1, -0.05) is 12.1 Å². The van der Waals surface area contributed by atoms with Crippen molar-refractivity contribution in [3.63, 3.8) is 0 Å². The molecule has 2 rings (SSSR count). The van der Waals surface area contributed by atoms with Crippen molar-refractivity contribution in [1.82, 2.24) is 10.2 Å². The Balaban J connectivity index is 2.41. The third kappa shape index (κ3) is 2.69. The van der Waals surface area contributed by atoms with E-state index in [4.69, 9.17) is 0 Å². The summed E-state index contributed by atoms with van der Waals surface area (Å²) in [5.41, 5.74) is -0.199. The molecule has 0 radical (unpaired) electrons. The van der Waals surface area contributed by atoms with Crippen LogP contribution in [0.25, 0.3) is 10.9 Å². The average molecular weight is 295 g/mol. The van der Waals surface area contributed by atoms with Crippen LogP contribution in [-0.4, -0.2) is 44.0 Å². The lowest BCUT2D eigenvalue weighted by Gasteiger charge is -2.15. The molecule has 2 atom stereocenters. The summed E-state index contributed by atoms with van der Waals surface area (Å²) in [7, 11) is 0. The topological polar surface area (TPSA) is 139 Å². The van der Waals surface area contributed by atoms with Crippen molar-refractivity contribution in [2.75, 3.05) is 6.61 Å². The van der Waals surface area contributed by atoms with E-state index in [9.17, 15) is 25.1 Å². The van der Waals surface area contributed by atoms with Crippen molar-refractivity contribution in [1.29, 1.82) is 0 Å². The van der Waals surface area contributed by atoms with Gasteiger partial charge in [-0.15, -0.1) is 0 Å². The average Bonchev–Trinajstić information content (AvgIpc) is 2.89. The Labute approximate surface area is 118 Å². The zero-order valence-electron chi connectivity index (χ0n) is 11.0. The van der Waals surface area contributed by atoms with E-state index in [-0.39, 0.29) is 28.9 Å². The van der Waals surface area contributed by atoms with Gasteiger partial charge in [0, 0.05) is 11.5 Å². The second-order valence-corrected chi connectivity index (χ2v) is 4.21. The Bertz CT molecular complexity index is 683. The minimum absolute atomic E-state index is 0.00857. The normalized spacial score (nSPS) is 13.9. The van der Waals surface area contributed by atoms with Crippen LogP contribution in [0.3, 0.4) is 0 Å². The monoisotopic (exact) mass is 295 g/mol. The molecule has 1 aromatic carbocycles. The van der Waals surface area contributed by atoms with E-state index in [0.717, 1.165) is 0 Å². The second kappa shape index (κ2) is 5.85. The molecule has 0 aliphatic heterocycles. The number of aromatic nitrogens is 2. The molecule has 3 N–H and O–H groups in total. The number of H-pyrrole nitrogens is 1. The number of esters is 1. The van der Waals surface area contributed by atoms with Crippen LogP contribution in [0.5, 0.6) is 0 Å². The predicted molar refractivity (Wildman–Crippen MR) is 70.3 cm³/mol. The van der Waals surface area contributed by atoms with Gasteiger partial charge in [0.25, 0.3) is 5.69 Å². The molecule has 0 aliphatic rings. The lowest BCUT2D eigenvalue weighted by atomic mass is 10.1. The lowest BCUT2D eigenvalue weighted by Crippen LogP contribution is -2.30. The number of aromatic amines is 1. The molecule has 0 aliphatic carbocycles. The minimum Gasteiger partial charge on any atom is -0.464 e. The van der Waals surface area contributed by atoms with Crippen LogP contribution in [0.1, 0.15) is 18.7 Å². The number of para-hydroxylation sites is 1. The first-order valence-electron chi connectivity index (χ1n) is 6.11. The van der Waals surface area contributed by atoms with Gasteiger partial charge < -0.3 is 14.9 Å². The number of hydrogen-bond donors (Lipinski definition) is 3. The van der Waals surface area contributed by atoms with Crippen molar-refractivity contribution in [2.24, 2.45) is 0 Å². The van der Waals surface area contributed by atoms with E-state index in [2.05, 4.69) is 14.9 Å². The van der Waals surface area contributed by atoms with Crippen LogP contribution < -0.4 is 0 Å². The zero-order valence-corrected chi connectivity index (χ0v) is 11.0. The second-order valence-electron chi connectivity index (χ2n) is 4.21. The number of aliphatic hydroxyl groups is 2. The predicted octanol–water partition coefficient (Wildman–Crippen LogP) is 0.429. The first-order chi connectivity index (χ1) is 9.97. The number of nitrogens with one attached hydrogen (secondary N) is 1. The fraction of sp³-hybridized carbons (Fsp3) is 0.333. The quantitative estimate of drug-likeness (QED) is 0.413. The van der Waals surface area contributed by atoms with Gasteiger partial charge in [0.15, 0.2) is 11.6 Å². The van der Waals surface area contributed by atoms with Crippen LogP contribution in [-0.2, 0) is 9.53 Å². The summed E-state index contributed by atoms with van der Waals surface area (Å²) in [4.78, 5) is 21.7. The molecular weight excluding hydrogens is 282 g/mol. The fourth-order valence-electron chi connectivity index (χ4n) is 1.93. The van der Waals surface area contributed by atoms with E-state index < -0.39 is 23.1 Å². The molecule has 2 unspecified atom stereocenters. The van der Waals surface area contributed by atoms with Crippen LogP contribution >= 0.6 is 0 Å². The third-order valence-electron chi connectivity index (χ3n) is 2.91. The van der Waals surface area contributed by atoms with Gasteiger partial charge in [0.1, 0.15) is 6.10 Å². The minimum atomic E-state index is -1.81. The molecule has 0 bridgehead atoms. The highest BCUT2D eigenvalue weighted by Crippen LogP contribution is 2.29. The number of rotatable bonds is 5.